The molecule has 1 aliphatic carbocycles. The average Bonchev–Trinajstić information content (AvgIpc) is 3.26. The Kier molecular flexibility index (Phi) is 6.82. The Morgan fingerprint density at radius 3 is 2.60 bits per heavy atom. The van der Waals surface area contributed by atoms with Gasteiger partial charge >= 0.3 is 5.97 Å². The molecule has 4 aromatic rings. The Bertz CT molecular complexity index is 1340. The zero-order valence-electron chi connectivity index (χ0n) is 19.8. The zero-order valence-corrected chi connectivity index (χ0v) is 19.8. The highest BCUT2D eigenvalue weighted by Crippen LogP contribution is 2.34. The quantitative estimate of drug-likeness (QED) is 0.337. The van der Waals surface area contributed by atoms with Gasteiger partial charge in [-0.05, 0) is 53.8 Å². The minimum Gasteiger partial charge on any atom is -0.487 e. The lowest BCUT2D eigenvalue weighted by Gasteiger charge is -2.22. The first-order valence-electron chi connectivity index (χ1n) is 12.4. The maximum absolute atomic E-state index is 11.3. The van der Waals surface area contributed by atoms with E-state index in [1.54, 1.807) is 6.07 Å². The fraction of sp³-hybridized carbons (Fsp3) is 0.310. The number of hydrogen-bond donors (Lipinski definition) is 2. The number of nitrogens with two attached hydrogens (primary N) is 1. The number of nitrogens with zero attached hydrogens (tertiary/aromatic N) is 2. The van der Waals surface area contributed by atoms with Crippen molar-refractivity contribution >= 4 is 16.9 Å². The van der Waals surface area contributed by atoms with Gasteiger partial charge in [-0.25, -0.2) is 0 Å². The second-order valence-corrected chi connectivity index (χ2v) is 9.29. The number of rotatable bonds is 8. The van der Waals surface area contributed by atoms with Gasteiger partial charge in [0.15, 0.2) is 0 Å². The molecule has 35 heavy (non-hydrogen) atoms. The number of benzene rings is 3. The van der Waals surface area contributed by atoms with E-state index in [1.807, 2.05) is 30.3 Å². The molecule has 0 atom stereocenters. The number of carboxylic acid groups (broad SMARTS) is 1. The highest BCUT2D eigenvalue weighted by molar-refractivity contribution is 5.87. The Balaban J connectivity index is 1.53. The number of para-hydroxylation sites is 1. The molecule has 1 aromatic heterocycles. The third-order valence-corrected chi connectivity index (χ3v) is 6.88. The van der Waals surface area contributed by atoms with Crippen LogP contribution in [0.25, 0.3) is 22.0 Å². The van der Waals surface area contributed by atoms with Crippen molar-refractivity contribution < 1.29 is 14.6 Å². The number of ether oxygens (including phenoxy) is 1. The van der Waals surface area contributed by atoms with Gasteiger partial charge in [0, 0.05) is 17.5 Å². The van der Waals surface area contributed by atoms with Crippen LogP contribution in [-0.4, -0.2) is 20.9 Å². The number of aliphatic carboxylic acids is 1. The lowest BCUT2D eigenvalue weighted by atomic mass is 9.95. The van der Waals surface area contributed by atoms with E-state index in [1.165, 1.54) is 19.3 Å². The second kappa shape index (κ2) is 10.3. The minimum atomic E-state index is -0.877. The molecule has 0 bridgehead atoms. The molecule has 0 radical (unpaired) electrons. The van der Waals surface area contributed by atoms with Gasteiger partial charge in [0.05, 0.1) is 18.0 Å². The van der Waals surface area contributed by atoms with Crippen molar-refractivity contribution in [1.82, 2.24) is 9.78 Å². The van der Waals surface area contributed by atoms with E-state index in [2.05, 4.69) is 35.0 Å². The monoisotopic (exact) mass is 469 g/mol. The van der Waals surface area contributed by atoms with E-state index in [9.17, 15) is 9.90 Å². The molecular weight excluding hydrogens is 438 g/mol. The maximum Gasteiger partial charge on any atom is 0.307 e. The van der Waals surface area contributed by atoms with Crippen molar-refractivity contribution in [1.29, 1.82) is 0 Å². The number of fused-ring (bicyclic) bond motifs is 1. The van der Waals surface area contributed by atoms with Gasteiger partial charge in [0.25, 0.3) is 0 Å². The molecule has 6 nitrogen and oxygen atoms in total. The number of hydrogen-bond acceptors (Lipinski definition) is 4. The summed E-state index contributed by atoms with van der Waals surface area (Å²) in [6, 6.07) is 22.5. The van der Waals surface area contributed by atoms with Gasteiger partial charge in [0.2, 0.25) is 0 Å². The lowest BCUT2D eigenvalue weighted by molar-refractivity contribution is -0.136. The van der Waals surface area contributed by atoms with Crippen molar-refractivity contribution in [3.63, 3.8) is 0 Å². The summed E-state index contributed by atoms with van der Waals surface area (Å²) < 4.78 is 8.35. The first kappa shape index (κ1) is 23.1. The molecule has 1 fully saturated rings. The SMILES string of the molecule is NCc1cccc(-c2ccc3c(c2)c(COc2ccccc2CC(=O)O)nn3C2CCCCC2)c1. The first-order chi connectivity index (χ1) is 17.1. The summed E-state index contributed by atoms with van der Waals surface area (Å²) in [7, 11) is 0. The van der Waals surface area contributed by atoms with Gasteiger partial charge in [0.1, 0.15) is 18.1 Å². The summed E-state index contributed by atoms with van der Waals surface area (Å²) in [5.41, 5.74) is 11.9. The molecule has 3 aromatic carbocycles. The summed E-state index contributed by atoms with van der Waals surface area (Å²) in [4.78, 5) is 11.3. The van der Waals surface area contributed by atoms with Crippen molar-refractivity contribution in [2.24, 2.45) is 5.73 Å². The predicted molar refractivity (Wildman–Crippen MR) is 137 cm³/mol. The van der Waals surface area contributed by atoms with E-state index in [0.29, 0.717) is 23.9 Å². The average molecular weight is 470 g/mol. The molecule has 1 aliphatic rings. The van der Waals surface area contributed by atoms with Crippen LogP contribution in [0.4, 0.5) is 0 Å². The Morgan fingerprint density at radius 2 is 1.80 bits per heavy atom. The van der Waals surface area contributed by atoms with Gasteiger partial charge in [-0.2, -0.15) is 5.10 Å². The molecule has 5 rings (SSSR count). The molecule has 0 amide bonds. The fourth-order valence-corrected chi connectivity index (χ4v) is 5.07. The lowest BCUT2D eigenvalue weighted by Crippen LogP contribution is -2.14. The summed E-state index contributed by atoms with van der Waals surface area (Å²) >= 11 is 0. The number of carboxylic acids is 1. The zero-order chi connectivity index (χ0) is 24.2. The van der Waals surface area contributed by atoms with Gasteiger partial charge in [-0.1, -0.05) is 61.7 Å². The highest BCUT2D eigenvalue weighted by Gasteiger charge is 2.21. The van der Waals surface area contributed by atoms with Crippen LogP contribution in [0, 0.1) is 0 Å². The standard InChI is InChI=1S/C29H31N3O3/c30-18-20-7-6-9-21(15-20)22-13-14-27-25(16-22)26(31-32(27)24-10-2-1-3-11-24)19-35-28-12-5-4-8-23(28)17-29(33)34/h4-9,12-16,24H,1-3,10-11,17-19,30H2,(H,33,34). The topological polar surface area (TPSA) is 90.4 Å². The van der Waals surface area contributed by atoms with Crippen LogP contribution in [0.2, 0.25) is 0 Å². The van der Waals surface area contributed by atoms with E-state index >= 15 is 0 Å². The van der Waals surface area contributed by atoms with Crippen molar-refractivity contribution in [3.05, 3.63) is 83.6 Å². The van der Waals surface area contributed by atoms with Gasteiger partial charge < -0.3 is 15.6 Å². The summed E-state index contributed by atoms with van der Waals surface area (Å²) in [6.07, 6.45) is 5.94. The largest absolute Gasteiger partial charge is 0.487 e. The van der Waals surface area contributed by atoms with Crippen LogP contribution < -0.4 is 10.5 Å². The van der Waals surface area contributed by atoms with E-state index in [0.717, 1.165) is 46.1 Å². The van der Waals surface area contributed by atoms with Crippen LogP contribution in [-0.2, 0) is 24.4 Å². The third kappa shape index (κ3) is 5.08. The van der Waals surface area contributed by atoms with Crippen LogP contribution in [0.15, 0.2) is 66.7 Å². The molecule has 180 valence electrons. The van der Waals surface area contributed by atoms with Gasteiger partial charge in [-0.3, -0.25) is 9.48 Å². The Morgan fingerprint density at radius 1 is 1.00 bits per heavy atom. The minimum absolute atomic E-state index is 0.0743. The Hall–Kier alpha value is -3.64. The third-order valence-electron chi connectivity index (χ3n) is 6.88. The van der Waals surface area contributed by atoms with Crippen LogP contribution in [0.5, 0.6) is 5.75 Å². The molecular formula is C29H31N3O3. The predicted octanol–water partition coefficient (Wildman–Crippen LogP) is 5.87. The van der Waals surface area contributed by atoms with Crippen LogP contribution in [0.1, 0.15) is 55.0 Å². The maximum atomic E-state index is 11.3. The summed E-state index contributed by atoms with van der Waals surface area (Å²) in [5.74, 6) is -0.292. The molecule has 0 saturated heterocycles. The van der Waals surface area contributed by atoms with Crippen molar-refractivity contribution in [2.45, 2.75) is 57.7 Å². The molecule has 0 aliphatic heterocycles. The fourth-order valence-electron chi connectivity index (χ4n) is 5.07. The molecule has 1 heterocycles. The van der Waals surface area contributed by atoms with Crippen molar-refractivity contribution in [3.8, 4) is 16.9 Å². The van der Waals surface area contributed by atoms with Gasteiger partial charge in [-0.15, -0.1) is 0 Å². The number of aromatic nitrogens is 2. The van der Waals surface area contributed by atoms with Crippen LogP contribution in [0.3, 0.4) is 0 Å². The normalized spacial score (nSPS) is 14.3. The molecule has 3 N–H and O–H groups in total. The molecule has 0 unspecified atom stereocenters. The van der Waals surface area contributed by atoms with Crippen molar-refractivity contribution in [2.75, 3.05) is 0 Å². The van der Waals surface area contributed by atoms with Crippen LogP contribution >= 0.6 is 0 Å². The number of carbonyl (C=O) groups is 1. The molecule has 1 saturated carbocycles. The van der Waals surface area contributed by atoms with E-state index in [-0.39, 0.29) is 13.0 Å². The smallest absolute Gasteiger partial charge is 0.307 e. The second-order valence-electron chi connectivity index (χ2n) is 9.29. The molecule has 0 spiro atoms. The first-order valence-corrected chi connectivity index (χ1v) is 12.4. The highest BCUT2D eigenvalue weighted by atomic mass is 16.5. The molecule has 6 heteroatoms. The summed E-state index contributed by atoms with van der Waals surface area (Å²) in [6.45, 7) is 0.781. The summed E-state index contributed by atoms with van der Waals surface area (Å²) in [5, 5.41) is 15.4. The van der Waals surface area contributed by atoms with E-state index in [4.69, 9.17) is 15.6 Å². The van der Waals surface area contributed by atoms with E-state index < -0.39 is 5.97 Å². The Labute approximate surface area is 205 Å².